The highest BCUT2D eigenvalue weighted by Crippen LogP contribution is 2.24. The molecule has 1 unspecified atom stereocenters. The van der Waals surface area contributed by atoms with Crippen molar-refractivity contribution in [3.63, 3.8) is 0 Å². The fourth-order valence-electron chi connectivity index (χ4n) is 2.69. The number of nitrogens with zero attached hydrogens (tertiary/aromatic N) is 3. The first kappa shape index (κ1) is 20.7. The molecule has 0 saturated heterocycles. The summed E-state index contributed by atoms with van der Waals surface area (Å²) in [7, 11) is 0. The molecule has 9 heteroatoms. The van der Waals surface area contributed by atoms with Gasteiger partial charge < -0.3 is 17.2 Å². The Morgan fingerprint density at radius 1 is 0.964 bits per heavy atom. The number of nitroso groups, excluding NO2 is 1. The average Bonchev–Trinajstić information content (AvgIpc) is 2.72. The van der Waals surface area contributed by atoms with Gasteiger partial charge in [-0.05, 0) is 25.0 Å². The first-order chi connectivity index (χ1) is 13.4. The van der Waals surface area contributed by atoms with Gasteiger partial charge in [0.1, 0.15) is 0 Å². The van der Waals surface area contributed by atoms with Gasteiger partial charge in [-0.2, -0.15) is 5.01 Å². The van der Waals surface area contributed by atoms with E-state index < -0.39 is 17.2 Å². The molecule has 2 rings (SSSR count). The van der Waals surface area contributed by atoms with E-state index in [0.717, 1.165) is 0 Å². The zero-order valence-electron chi connectivity index (χ0n) is 15.2. The van der Waals surface area contributed by atoms with E-state index in [-0.39, 0.29) is 36.6 Å². The fourth-order valence-corrected chi connectivity index (χ4v) is 2.69. The van der Waals surface area contributed by atoms with Crippen LogP contribution in [0.2, 0.25) is 0 Å². The largest absolute Gasteiger partial charge is 0.370 e. The molecule has 146 valence electrons. The third kappa shape index (κ3) is 4.77. The number of amides is 1. The Balaban J connectivity index is 2.38. The number of para-hydroxylation sites is 1. The summed E-state index contributed by atoms with van der Waals surface area (Å²) in [5.74, 6) is -1.65. The average molecular weight is 382 g/mol. The number of anilines is 1. The predicted octanol–water partition coefficient (Wildman–Crippen LogP) is 1.34. The molecule has 0 aliphatic heterocycles. The summed E-state index contributed by atoms with van der Waals surface area (Å²) in [4.78, 5) is 41.5. The number of benzene rings is 2. The van der Waals surface area contributed by atoms with Crippen LogP contribution in [0.15, 0.2) is 70.9 Å². The van der Waals surface area contributed by atoms with Crippen LogP contribution in [0.3, 0.4) is 0 Å². The summed E-state index contributed by atoms with van der Waals surface area (Å²) in [5, 5.41) is 3.39. The van der Waals surface area contributed by atoms with Crippen molar-refractivity contribution in [3.05, 3.63) is 71.1 Å². The molecule has 0 aliphatic rings. The quantitative estimate of drug-likeness (QED) is 0.113. The lowest BCUT2D eigenvalue weighted by Crippen LogP contribution is -2.59. The molecular formula is C19H22N6O3. The zero-order valence-corrected chi connectivity index (χ0v) is 15.2. The van der Waals surface area contributed by atoms with Crippen LogP contribution in [0.25, 0.3) is 0 Å². The predicted molar refractivity (Wildman–Crippen MR) is 107 cm³/mol. The van der Waals surface area contributed by atoms with E-state index in [4.69, 9.17) is 17.2 Å². The summed E-state index contributed by atoms with van der Waals surface area (Å²) >= 11 is 0. The maximum atomic E-state index is 13.1. The van der Waals surface area contributed by atoms with Crippen molar-refractivity contribution in [2.45, 2.75) is 18.4 Å². The van der Waals surface area contributed by atoms with Crippen LogP contribution >= 0.6 is 0 Å². The number of carbonyl (C=O) groups excluding carboxylic acids is 2. The molecule has 9 nitrogen and oxygen atoms in total. The Morgan fingerprint density at radius 3 is 2.07 bits per heavy atom. The molecule has 0 aliphatic carbocycles. The SMILES string of the molecule is NC(N)=NCCCC(N)(C(=O)c1ccccc1)C(=O)N(N=O)c1ccccc1. The van der Waals surface area contributed by atoms with Gasteiger partial charge in [0.25, 0.3) is 5.91 Å². The van der Waals surface area contributed by atoms with Gasteiger partial charge in [-0.1, -0.05) is 48.5 Å². The van der Waals surface area contributed by atoms with Crippen molar-refractivity contribution in [2.24, 2.45) is 27.5 Å². The number of hydrogen-bond acceptors (Lipinski definition) is 6. The minimum Gasteiger partial charge on any atom is -0.370 e. The van der Waals surface area contributed by atoms with Gasteiger partial charge in [0.2, 0.25) is 0 Å². The third-order valence-corrected chi connectivity index (χ3v) is 4.12. The highest BCUT2D eigenvalue weighted by molar-refractivity contribution is 6.21. The highest BCUT2D eigenvalue weighted by Gasteiger charge is 2.45. The Kier molecular flexibility index (Phi) is 6.94. The number of aliphatic imine (C=N–C) groups is 1. The Hall–Kier alpha value is -3.59. The molecule has 0 bridgehead atoms. The van der Waals surface area contributed by atoms with Gasteiger partial charge >= 0.3 is 0 Å². The van der Waals surface area contributed by atoms with Crippen molar-refractivity contribution in [3.8, 4) is 0 Å². The number of hydrogen-bond donors (Lipinski definition) is 3. The van der Waals surface area contributed by atoms with E-state index in [2.05, 4.69) is 10.3 Å². The molecule has 0 fully saturated rings. The van der Waals surface area contributed by atoms with E-state index >= 15 is 0 Å². The molecule has 28 heavy (non-hydrogen) atoms. The number of Topliss-reactive ketones (excluding diaryl/α,β-unsaturated/α-hetero) is 1. The molecule has 1 atom stereocenters. The van der Waals surface area contributed by atoms with Gasteiger partial charge in [0.05, 0.1) is 11.0 Å². The fraction of sp³-hybridized carbons (Fsp3) is 0.211. The van der Waals surface area contributed by atoms with Crippen molar-refractivity contribution < 1.29 is 9.59 Å². The second-order valence-corrected chi connectivity index (χ2v) is 6.11. The number of ketones is 1. The smallest absolute Gasteiger partial charge is 0.278 e. The number of guanidine groups is 1. The maximum Gasteiger partial charge on any atom is 0.278 e. The molecule has 0 aromatic heterocycles. The Labute approximate surface area is 162 Å². The first-order valence-electron chi connectivity index (χ1n) is 8.57. The second kappa shape index (κ2) is 9.38. The molecule has 2 aromatic carbocycles. The normalized spacial score (nSPS) is 12.5. The topological polar surface area (TPSA) is 157 Å². The van der Waals surface area contributed by atoms with Gasteiger partial charge in [0.15, 0.2) is 17.3 Å². The molecule has 6 N–H and O–H groups in total. The van der Waals surface area contributed by atoms with E-state index in [0.29, 0.717) is 5.01 Å². The first-order valence-corrected chi connectivity index (χ1v) is 8.57. The van der Waals surface area contributed by atoms with Crippen LogP contribution in [-0.2, 0) is 4.79 Å². The van der Waals surface area contributed by atoms with Gasteiger partial charge in [0, 0.05) is 12.1 Å². The zero-order chi connectivity index (χ0) is 20.6. The van der Waals surface area contributed by atoms with Gasteiger partial charge in [-0.15, -0.1) is 4.91 Å². The van der Waals surface area contributed by atoms with Gasteiger partial charge in [-0.25, -0.2) is 0 Å². The van der Waals surface area contributed by atoms with Gasteiger partial charge in [-0.3, -0.25) is 14.6 Å². The summed E-state index contributed by atoms with van der Waals surface area (Å²) in [6, 6.07) is 16.2. The summed E-state index contributed by atoms with van der Waals surface area (Å²) < 4.78 is 0. The Bertz CT molecular complexity index is 852. The van der Waals surface area contributed by atoms with Crippen LogP contribution in [0.4, 0.5) is 5.69 Å². The van der Waals surface area contributed by atoms with Crippen LogP contribution in [0, 0.1) is 4.91 Å². The molecule has 1 amide bonds. The Morgan fingerprint density at radius 2 is 1.54 bits per heavy atom. The summed E-state index contributed by atoms with van der Waals surface area (Å²) in [5.41, 5.74) is 15.3. The molecule has 0 saturated carbocycles. The van der Waals surface area contributed by atoms with Crippen molar-refractivity contribution in [1.82, 2.24) is 0 Å². The van der Waals surface area contributed by atoms with Crippen molar-refractivity contribution >= 4 is 23.3 Å². The monoisotopic (exact) mass is 382 g/mol. The van der Waals surface area contributed by atoms with Crippen LogP contribution < -0.4 is 22.2 Å². The number of rotatable bonds is 9. The van der Waals surface area contributed by atoms with E-state index in [1.807, 2.05) is 0 Å². The molecule has 0 spiro atoms. The lowest BCUT2D eigenvalue weighted by Gasteiger charge is -2.29. The lowest BCUT2D eigenvalue weighted by molar-refractivity contribution is -0.122. The number of carbonyl (C=O) groups is 2. The van der Waals surface area contributed by atoms with E-state index in [1.54, 1.807) is 48.5 Å². The van der Waals surface area contributed by atoms with Crippen LogP contribution in [-0.4, -0.2) is 29.7 Å². The van der Waals surface area contributed by atoms with Crippen molar-refractivity contribution in [1.29, 1.82) is 0 Å². The summed E-state index contributed by atoms with van der Waals surface area (Å²) in [6.07, 6.45) is 0.176. The lowest BCUT2D eigenvalue weighted by atomic mass is 9.84. The van der Waals surface area contributed by atoms with Crippen molar-refractivity contribution in [2.75, 3.05) is 11.6 Å². The van der Waals surface area contributed by atoms with E-state index in [1.165, 1.54) is 12.1 Å². The minimum atomic E-state index is -2.01. The second-order valence-electron chi connectivity index (χ2n) is 6.11. The standard InChI is InChI=1S/C19H22N6O3/c20-18(21)23-13-7-12-19(22,16(26)14-8-3-1-4-9-14)17(27)25(24-28)15-10-5-2-6-11-15/h1-6,8-11H,7,12-13,22H2,(H4,20,21,23). The molecular weight excluding hydrogens is 360 g/mol. The van der Waals surface area contributed by atoms with Crippen LogP contribution in [0.1, 0.15) is 23.2 Å². The third-order valence-electron chi connectivity index (χ3n) is 4.12. The molecule has 2 aromatic rings. The molecule has 0 heterocycles. The minimum absolute atomic E-state index is 0.0742. The summed E-state index contributed by atoms with van der Waals surface area (Å²) in [6.45, 7) is 0.177. The van der Waals surface area contributed by atoms with Crippen LogP contribution in [0.5, 0.6) is 0 Å². The number of nitrogens with two attached hydrogens (primary N) is 3. The van der Waals surface area contributed by atoms with E-state index in [9.17, 15) is 14.5 Å². The highest BCUT2D eigenvalue weighted by atomic mass is 16.3. The maximum absolute atomic E-state index is 13.1. The molecule has 0 radical (unpaired) electrons.